The third kappa shape index (κ3) is 2.63. The Morgan fingerprint density at radius 1 is 1.25 bits per heavy atom. The van der Waals surface area contributed by atoms with Gasteiger partial charge in [0.05, 0.1) is 17.6 Å². The third-order valence-corrected chi connectivity index (χ3v) is 3.99. The standard InChI is InChI=1S/C15H16N4S/c1-3-13-18-14(12-8-10(2)20-15(12)19-13)17-9-11-6-4-5-7-16-11/h4-8H,3,9H2,1-2H3,(H,17,18,19). The van der Waals surface area contributed by atoms with Crippen LogP contribution in [0, 0.1) is 6.92 Å². The van der Waals surface area contributed by atoms with Gasteiger partial charge in [0.1, 0.15) is 16.5 Å². The molecule has 0 spiro atoms. The van der Waals surface area contributed by atoms with Crippen molar-refractivity contribution in [2.24, 2.45) is 0 Å². The van der Waals surface area contributed by atoms with E-state index in [0.29, 0.717) is 6.54 Å². The molecule has 0 radical (unpaired) electrons. The highest BCUT2D eigenvalue weighted by atomic mass is 32.1. The molecule has 0 bridgehead atoms. The number of aryl methyl sites for hydroxylation is 2. The predicted molar refractivity (Wildman–Crippen MR) is 83.1 cm³/mol. The Hall–Kier alpha value is -2.01. The molecule has 3 aromatic rings. The van der Waals surface area contributed by atoms with Crippen molar-refractivity contribution in [3.8, 4) is 0 Å². The van der Waals surface area contributed by atoms with E-state index in [-0.39, 0.29) is 0 Å². The number of nitrogens with one attached hydrogen (secondary N) is 1. The normalized spacial score (nSPS) is 10.9. The number of thiophene rings is 1. The zero-order valence-electron chi connectivity index (χ0n) is 11.6. The van der Waals surface area contributed by atoms with Gasteiger partial charge in [-0.25, -0.2) is 9.97 Å². The van der Waals surface area contributed by atoms with Crippen LogP contribution in [0.3, 0.4) is 0 Å². The van der Waals surface area contributed by atoms with E-state index in [0.717, 1.165) is 34.0 Å². The number of rotatable bonds is 4. The van der Waals surface area contributed by atoms with Gasteiger partial charge in [0.25, 0.3) is 0 Å². The zero-order valence-corrected chi connectivity index (χ0v) is 12.4. The molecule has 0 saturated heterocycles. The van der Waals surface area contributed by atoms with E-state index in [1.807, 2.05) is 18.2 Å². The predicted octanol–water partition coefficient (Wildman–Crippen LogP) is 3.57. The maximum Gasteiger partial charge on any atom is 0.138 e. The minimum atomic E-state index is 0.672. The van der Waals surface area contributed by atoms with Gasteiger partial charge in [-0.05, 0) is 25.1 Å². The highest BCUT2D eigenvalue weighted by Crippen LogP contribution is 2.28. The molecule has 0 aliphatic heterocycles. The largest absolute Gasteiger partial charge is 0.364 e. The third-order valence-electron chi connectivity index (χ3n) is 3.04. The minimum absolute atomic E-state index is 0.672. The van der Waals surface area contributed by atoms with Crippen LogP contribution in [0.4, 0.5) is 5.82 Å². The van der Waals surface area contributed by atoms with Gasteiger partial charge < -0.3 is 5.32 Å². The number of anilines is 1. The highest BCUT2D eigenvalue weighted by Gasteiger charge is 2.09. The van der Waals surface area contributed by atoms with Gasteiger partial charge in [0, 0.05) is 17.5 Å². The number of nitrogens with zero attached hydrogens (tertiary/aromatic N) is 3. The molecule has 20 heavy (non-hydrogen) atoms. The van der Waals surface area contributed by atoms with Gasteiger partial charge in [-0.1, -0.05) is 13.0 Å². The van der Waals surface area contributed by atoms with Crippen molar-refractivity contribution in [1.29, 1.82) is 0 Å². The fourth-order valence-electron chi connectivity index (χ4n) is 2.06. The monoisotopic (exact) mass is 284 g/mol. The summed E-state index contributed by atoms with van der Waals surface area (Å²) in [5.41, 5.74) is 1.00. The molecule has 0 fully saturated rings. The molecular weight excluding hydrogens is 268 g/mol. The lowest BCUT2D eigenvalue weighted by Crippen LogP contribution is -2.05. The van der Waals surface area contributed by atoms with Gasteiger partial charge >= 0.3 is 0 Å². The first-order valence-corrected chi connectivity index (χ1v) is 7.48. The van der Waals surface area contributed by atoms with Crippen molar-refractivity contribution in [3.05, 3.63) is 46.9 Å². The van der Waals surface area contributed by atoms with E-state index in [9.17, 15) is 0 Å². The van der Waals surface area contributed by atoms with Gasteiger partial charge in [0.2, 0.25) is 0 Å². The van der Waals surface area contributed by atoms with Crippen LogP contribution in [0.15, 0.2) is 30.5 Å². The summed E-state index contributed by atoms with van der Waals surface area (Å²) in [6.07, 6.45) is 2.64. The summed E-state index contributed by atoms with van der Waals surface area (Å²) in [5.74, 6) is 1.78. The first-order valence-electron chi connectivity index (χ1n) is 6.67. The molecule has 0 saturated carbocycles. The van der Waals surface area contributed by atoms with E-state index in [4.69, 9.17) is 0 Å². The molecule has 4 nitrogen and oxygen atoms in total. The van der Waals surface area contributed by atoms with E-state index < -0.39 is 0 Å². The van der Waals surface area contributed by atoms with Crippen molar-refractivity contribution >= 4 is 27.4 Å². The van der Waals surface area contributed by atoms with Crippen LogP contribution in [0.5, 0.6) is 0 Å². The highest BCUT2D eigenvalue weighted by molar-refractivity contribution is 7.18. The average molecular weight is 284 g/mol. The van der Waals surface area contributed by atoms with E-state index in [1.54, 1.807) is 17.5 Å². The fourth-order valence-corrected chi connectivity index (χ4v) is 2.95. The SMILES string of the molecule is CCc1nc(NCc2ccccn2)c2cc(C)sc2n1. The quantitative estimate of drug-likeness (QED) is 0.795. The minimum Gasteiger partial charge on any atom is -0.364 e. The first kappa shape index (κ1) is 13.0. The zero-order chi connectivity index (χ0) is 13.9. The summed E-state index contributed by atoms with van der Waals surface area (Å²) in [5, 5.41) is 4.48. The van der Waals surface area contributed by atoms with Crippen LogP contribution in [0.25, 0.3) is 10.2 Å². The van der Waals surface area contributed by atoms with Crippen LogP contribution in [0.2, 0.25) is 0 Å². The molecule has 0 amide bonds. The van der Waals surface area contributed by atoms with Crippen molar-refractivity contribution in [1.82, 2.24) is 15.0 Å². The lowest BCUT2D eigenvalue weighted by Gasteiger charge is -2.07. The summed E-state index contributed by atoms with van der Waals surface area (Å²) in [7, 11) is 0. The Labute approximate surface area is 121 Å². The molecule has 0 aliphatic carbocycles. The van der Waals surface area contributed by atoms with Crippen molar-refractivity contribution in [3.63, 3.8) is 0 Å². The second-order valence-electron chi connectivity index (χ2n) is 4.59. The van der Waals surface area contributed by atoms with Crippen LogP contribution >= 0.6 is 11.3 Å². The maximum atomic E-state index is 4.60. The number of aromatic nitrogens is 3. The average Bonchev–Trinajstić information content (AvgIpc) is 2.86. The molecule has 0 unspecified atom stereocenters. The van der Waals surface area contributed by atoms with Crippen LogP contribution < -0.4 is 5.32 Å². The van der Waals surface area contributed by atoms with Gasteiger partial charge in [-0.15, -0.1) is 11.3 Å². The Balaban J connectivity index is 1.93. The number of hydrogen-bond acceptors (Lipinski definition) is 5. The molecule has 102 valence electrons. The lowest BCUT2D eigenvalue weighted by molar-refractivity contribution is 0.950. The Morgan fingerprint density at radius 3 is 2.90 bits per heavy atom. The Bertz CT molecular complexity index is 721. The summed E-state index contributed by atoms with van der Waals surface area (Å²) in [6.45, 7) is 4.84. The second kappa shape index (κ2) is 5.54. The summed E-state index contributed by atoms with van der Waals surface area (Å²) in [4.78, 5) is 15.8. The lowest BCUT2D eigenvalue weighted by atomic mass is 10.3. The van der Waals surface area contributed by atoms with E-state index >= 15 is 0 Å². The molecule has 3 aromatic heterocycles. The van der Waals surface area contributed by atoms with Crippen molar-refractivity contribution in [2.75, 3.05) is 5.32 Å². The van der Waals surface area contributed by atoms with Crippen LogP contribution in [-0.2, 0) is 13.0 Å². The van der Waals surface area contributed by atoms with Crippen LogP contribution in [0.1, 0.15) is 23.3 Å². The molecule has 3 heterocycles. The molecule has 0 atom stereocenters. The second-order valence-corrected chi connectivity index (χ2v) is 5.83. The van der Waals surface area contributed by atoms with Crippen molar-refractivity contribution in [2.45, 2.75) is 26.8 Å². The number of fused-ring (bicyclic) bond motifs is 1. The first-order chi connectivity index (χ1) is 9.76. The van der Waals surface area contributed by atoms with E-state index in [1.165, 1.54) is 4.88 Å². The summed E-state index contributed by atoms with van der Waals surface area (Å²) < 4.78 is 0. The fraction of sp³-hybridized carbons (Fsp3) is 0.267. The van der Waals surface area contributed by atoms with Gasteiger partial charge in [-0.3, -0.25) is 4.98 Å². The topological polar surface area (TPSA) is 50.7 Å². The molecule has 1 N–H and O–H groups in total. The Morgan fingerprint density at radius 2 is 2.15 bits per heavy atom. The maximum absolute atomic E-state index is 4.60. The molecule has 5 heteroatoms. The van der Waals surface area contributed by atoms with Crippen molar-refractivity contribution < 1.29 is 0 Å². The molecular formula is C15H16N4S. The van der Waals surface area contributed by atoms with Crippen LogP contribution in [-0.4, -0.2) is 15.0 Å². The Kier molecular flexibility index (Phi) is 3.60. The molecule has 0 aliphatic rings. The summed E-state index contributed by atoms with van der Waals surface area (Å²) in [6, 6.07) is 8.06. The molecule has 0 aromatic carbocycles. The van der Waals surface area contributed by atoms with Gasteiger partial charge in [-0.2, -0.15) is 0 Å². The van der Waals surface area contributed by atoms with Gasteiger partial charge in [0.15, 0.2) is 0 Å². The summed E-state index contributed by atoms with van der Waals surface area (Å²) >= 11 is 1.71. The molecule has 3 rings (SSSR count). The number of pyridine rings is 1. The number of hydrogen-bond donors (Lipinski definition) is 1. The van der Waals surface area contributed by atoms with E-state index in [2.05, 4.69) is 40.2 Å². The smallest absolute Gasteiger partial charge is 0.138 e.